The van der Waals surface area contributed by atoms with E-state index in [2.05, 4.69) is 5.32 Å². The van der Waals surface area contributed by atoms with Gasteiger partial charge in [-0.05, 0) is 61.1 Å². The van der Waals surface area contributed by atoms with Gasteiger partial charge in [-0.1, -0.05) is 42.5 Å². The van der Waals surface area contributed by atoms with Crippen LogP contribution in [-0.2, 0) is 11.3 Å². The third kappa shape index (κ3) is 4.76. The smallest absolute Gasteiger partial charge is 0.252 e. The summed E-state index contributed by atoms with van der Waals surface area (Å²) in [5, 5.41) is 3.84. The van der Waals surface area contributed by atoms with Gasteiger partial charge in [-0.15, -0.1) is 0 Å². The Kier molecular flexibility index (Phi) is 6.35. The number of aromatic nitrogens is 1. The fourth-order valence-electron chi connectivity index (χ4n) is 5.42. The van der Waals surface area contributed by atoms with Crippen LogP contribution in [0.1, 0.15) is 53.2 Å². The normalized spacial score (nSPS) is 16.2. The molecule has 1 aliphatic carbocycles. The first-order valence-corrected chi connectivity index (χ1v) is 13.0. The van der Waals surface area contributed by atoms with E-state index < -0.39 is 5.82 Å². The highest BCUT2D eigenvalue weighted by atomic mass is 19.1. The number of nitrogens with zero attached hydrogens (tertiary/aromatic N) is 2. The molecule has 0 spiro atoms. The molecule has 38 heavy (non-hydrogen) atoms. The Balaban J connectivity index is 1.51. The highest BCUT2D eigenvalue weighted by molar-refractivity contribution is 6.09. The molecule has 1 saturated carbocycles. The number of carbonyl (C=O) groups excluding carboxylic acids is 2. The Bertz CT molecular complexity index is 1550. The molecule has 2 heterocycles. The minimum atomic E-state index is -0.411. The number of carbonyl (C=O) groups is 2. The Morgan fingerprint density at radius 1 is 1.00 bits per heavy atom. The number of halogens is 2. The van der Waals surface area contributed by atoms with Crippen molar-refractivity contribution in [3.63, 3.8) is 0 Å². The minimum Gasteiger partial charge on any atom is -0.345 e. The van der Waals surface area contributed by atoms with E-state index in [-0.39, 0.29) is 36.1 Å². The number of pyridine rings is 1. The molecule has 6 rings (SSSR count). The van der Waals surface area contributed by atoms with Crippen molar-refractivity contribution in [3.8, 4) is 11.3 Å². The summed E-state index contributed by atoms with van der Waals surface area (Å²) in [6.07, 6.45) is 3.10. The molecule has 0 bridgehead atoms. The van der Waals surface area contributed by atoms with Crippen LogP contribution >= 0.6 is 0 Å². The van der Waals surface area contributed by atoms with Crippen LogP contribution in [0.5, 0.6) is 0 Å². The van der Waals surface area contributed by atoms with Crippen LogP contribution in [0.2, 0.25) is 0 Å². The number of para-hydroxylation sites is 1. The standard InChI is InChI=1S/C31H27F2N3O2/c32-22-8-3-6-20(16-22)29(19-13-14-19)35-31(38)28-24-10-1-2-11-26(24)34-30(21-7-4-9-23(33)17-21)25(28)18-36-15-5-12-27(36)37/h1-4,6-11,16-17,19,29H,5,12-15,18H2,(H,35,38). The summed E-state index contributed by atoms with van der Waals surface area (Å²) < 4.78 is 28.4. The second kappa shape index (κ2) is 9.97. The highest BCUT2D eigenvalue weighted by Gasteiger charge is 2.35. The van der Waals surface area contributed by atoms with Crippen LogP contribution in [0, 0.1) is 17.6 Å². The monoisotopic (exact) mass is 511 g/mol. The molecule has 1 atom stereocenters. The van der Waals surface area contributed by atoms with Crippen molar-refractivity contribution in [2.45, 2.75) is 38.3 Å². The predicted molar refractivity (Wildman–Crippen MR) is 141 cm³/mol. The summed E-state index contributed by atoms with van der Waals surface area (Å²) in [7, 11) is 0. The first-order valence-electron chi connectivity index (χ1n) is 13.0. The molecular formula is C31H27F2N3O2. The molecule has 1 N–H and O–H groups in total. The zero-order valence-corrected chi connectivity index (χ0v) is 20.8. The van der Waals surface area contributed by atoms with Gasteiger partial charge in [0.05, 0.1) is 22.8 Å². The Hall–Kier alpha value is -4.13. The van der Waals surface area contributed by atoms with Gasteiger partial charge in [0.1, 0.15) is 11.6 Å². The zero-order valence-electron chi connectivity index (χ0n) is 20.8. The maximum absolute atomic E-state index is 14.3. The van der Waals surface area contributed by atoms with Gasteiger partial charge in [-0.2, -0.15) is 0 Å². The van der Waals surface area contributed by atoms with Crippen LogP contribution in [0.3, 0.4) is 0 Å². The zero-order chi connectivity index (χ0) is 26.2. The van der Waals surface area contributed by atoms with E-state index in [0.29, 0.717) is 46.3 Å². The molecule has 192 valence electrons. The molecule has 5 nitrogen and oxygen atoms in total. The molecule has 1 aliphatic heterocycles. The summed E-state index contributed by atoms with van der Waals surface area (Å²) in [6.45, 7) is 0.780. The topological polar surface area (TPSA) is 62.3 Å². The largest absolute Gasteiger partial charge is 0.345 e. The van der Waals surface area contributed by atoms with Crippen molar-refractivity contribution in [2.24, 2.45) is 5.92 Å². The van der Waals surface area contributed by atoms with E-state index >= 15 is 0 Å². The fourth-order valence-corrected chi connectivity index (χ4v) is 5.42. The van der Waals surface area contributed by atoms with Gasteiger partial charge in [0.2, 0.25) is 5.91 Å². The number of likely N-dealkylation sites (tertiary alicyclic amines) is 1. The lowest BCUT2D eigenvalue weighted by atomic mass is 9.94. The average Bonchev–Trinajstić information content (AvgIpc) is 3.68. The van der Waals surface area contributed by atoms with Crippen molar-refractivity contribution in [2.75, 3.05) is 6.54 Å². The number of hydrogen-bond acceptors (Lipinski definition) is 3. The second-order valence-corrected chi connectivity index (χ2v) is 10.1. The fraction of sp³-hybridized carbons (Fsp3) is 0.258. The first kappa shape index (κ1) is 24.2. The average molecular weight is 512 g/mol. The molecule has 1 aromatic heterocycles. The van der Waals surface area contributed by atoms with Crippen LogP contribution in [0.4, 0.5) is 8.78 Å². The molecular weight excluding hydrogens is 484 g/mol. The number of rotatable bonds is 7. The van der Waals surface area contributed by atoms with E-state index in [9.17, 15) is 18.4 Å². The van der Waals surface area contributed by atoms with Gasteiger partial charge in [0, 0.05) is 36.0 Å². The van der Waals surface area contributed by atoms with Crippen LogP contribution < -0.4 is 5.32 Å². The third-order valence-electron chi connectivity index (χ3n) is 7.43. The summed E-state index contributed by atoms with van der Waals surface area (Å²) in [5.74, 6) is -0.834. The summed E-state index contributed by atoms with van der Waals surface area (Å²) in [6, 6.07) is 19.5. The molecule has 1 unspecified atom stereocenters. The Labute approximate surface area is 219 Å². The summed E-state index contributed by atoms with van der Waals surface area (Å²) in [4.78, 5) is 33.4. The first-order chi connectivity index (χ1) is 18.5. The van der Waals surface area contributed by atoms with Crippen LogP contribution in [0.15, 0.2) is 72.8 Å². The molecule has 4 aromatic rings. The second-order valence-electron chi connectivity index (χ2n) is 10.1. The van der Waals surface area contributed by atoms with E-state index in [1.807, 2.05) is 30.3 Å². The van der Waals surface area contributed by atoms with E-state index in [1.165, 1.54) is 24.3 Å². The van der Waals surface area contributed by atoms with Crippen molar-refractivity contribution >= 4 is 22.7 Å². The number of fused-ring (bicyclic) bond motifs is 1. The summed E-state index contributed by atoms with van der Waals surface area (Å²) >= 11 is 0. The maximum Gasteiger partial charge on any atom is 0.252 e. The minimum absolute atomic E-state index is 0.0188. The number of amides is 2. The molecule has 2 amide bonds. The predicted octanol–water partition coefficient (Wildman–Crippen LogP) is 6.18. The lowest BCUT2D eigenvalue weighted by Crippen LogP contribution is -2.32. The quantitative estimate of drug-likeness (QED) is 0.322. The third-order valence-corrected chi connectivity index (χ3v) is 7.43. The van der Waals surface area contributed by atoms with Crippen LogP contribution in [0.25, 0.3) is 22.2 Å². The lowest BCUT2D eigenvalue weighted by Gasteiger charge is -2.24. The summed E-state index contributed by atoms with van der Waals surface area (Å²) in [5.41, 5.74) is 3.33. The van der Waals surface area contributed by atoms with Crippen molar-refractivity contribution < 1.29 is 18.4 Å². The van der Waals surface area contributed by atoms with Crippen molar-refractivity contribution in [1.82, 2.24) is 15.2 Å². The Morgan fingerprint density at radius 2 is 1.76 bits per heavy atom. The number of benzene rings is 3. The van der Waals surface area contributed by atoms with Crippen molar-refractivity contribution in [1.29, 1.82) is 0 Å². The molecule has 7 heteroatoms. The van der Waals surface area contributed by atoms with Gasteiger partial charge in [0.25, 0.3) is 5.91 Å². The van der Waals surface area contributed by atoms with Crippen LogP contribution in [-0.4, -0.2) is 28.2 Å². The molecule has 0 radical (unpaired) electrons. The van der Waals surface area contributed by atoms with Gasteiger partial charge in [0.15, 0.2) is 0 Å². The van der Waals surface area contributed by atoms with Crippen molar-refractivity contribution in [3.05, 3.63) is 101 Å². The molecule has 2 aliphatic rings. The number of hydrogen-bond donors (Lipinski definition) is 1. The van der Waals surface area contributed by atoms with E-state index in [1.54, 1.807) is 23.1 Å². The molecule has 3 aromatic carbocycles. The number of nitrogens with one attached hydrogen (secondary N) is 1. The molecule has 1 saturated heterocycles. The van der Waals surface area contributed by atoms with Gasteiger partial charge in [-0.3, -0.25) is 9.59 Å². The van der Waals surface area contributed by atoms with E-state index in [4.69, 9.17) is 4.98 Å². The van der Waals surface area contributed by atoms with Gasteiger partial charge in [-0.25, -0.2) is 13.8 Å². The van der Waals surface area contributed by atoms with E-state index in [0.717, 1.165) is 24.8 Å². The SMILES string of the molecule is O=C(NC(c1cccc(F)c1)C1CC1)c1c(CN2CCCC2=O)c(-c2cccc(F)c2)nc2ccccc12. The lowest BCUT2D eigenvalue weighted by molar-refractivity contribution is -0.128. The Morgan fingerprint density at radius 3 is 2.47 bits per heavy atom. The highest BCUT2D eigenvalue weighted by Crippen LogP contribution is 2.42. The van der Waals surface area contributed by atoms with Gasteiger partial charge < -0.3 is 10.2 Å². The van der Waals surface area contributed by atoms with Gasteiger partial charge >= 0.3 is 0 Å². The maximum atomic E-state index is 14.3. The molecule has 2 fully saturated rings.